The molecular formula is C28H28N4O2. The second-order valence-electron chi connectivity index (χ2n) is 8.52. The number of hydrogen-bond acceptors (Lipinski definition) is 3. The van der Waals surface area contributed by atoms with Gasteiger partial charge in [0.05, 0.1) is 17.8 Å². The Hall–Kier alpha value is -4.19. The lowest BCUT2D eigenvalue weighted by Crippen LogP contribution is -2.35. The standard InChI is InChI=1S/C28H28N4O2/c1-19-15-20(2)26(21(3)16-19)29-25(33)18-31(4)28(34)24-17-32(23-13-9-6-10-14-23)30-27(24)22-11-7-5-8-12-22/h5-17H,18H2,1-4H3,(H,29,33). The van der Waals surface area contributed by atoms with Crippen LogP contribution in [0.15, 0.2) is 79.0 Å². The lowest BCUT2D eigenvalue weighted by molar-refractivity contribution is -0.116. The van der Waals surface area contributed by atoms with E-state index in [0.717, 1.165) is 33.6 Å². The number of aryl methyl sites for hydroxylation is 3. The Labute approximate surface area is 199 Å². The van der Waals surface area contributed by atoms with E-state index in [1.165, 1.54) is 4.90 Å². The van der Waals surface area contributed by atoms with Crippen molar-refractivity contribution in [3.8, 4) is 16.9 Å². The maximum absolute atomic E-state index is 13.4. The van der Waals surface area contributed by atoms with Crippen LogP contribution in [0.4, 0.5) is 5.69 Å². The molecule has 0 aliphatic heterocycles. The number of anilines is 1. The van der Waals surface area contributed by atoms with Gasteiger partial charge in [-0.2, -0.15) is 5.10 Å². The van der Waals surface area contributed by atoms with Gasteiger partial charge in [0.1, 0.15) is 5.69 Å². The number of carbonyl (C=O) groups excluding carboxylic acids is 2. The minimum absolute atomic E-state index is 0.0731. The van der Waals surface area contributed by atoms with Gasteiger partial charge in [-0.3, -0.25) is 9.59 Å². The highest BCUT2D eigenvalue weighted by atomic mass is 16.2. The fourth-order valence-electron chi connectivity index (χ4n) is 4.10. The Balaban J connectivity index is 1.59. The van der Waals surface area contributed by atoms with Crippen molar-refractivity contribution in [1.82, 2.24) is 14.7 Å². The number of para-hydroxylation sites is 1. The summed E-state index contributed by atoms with van der Waals surface area (Å²) >= 11 is 0. The molecule has 0 radical (unpaired) electrons. The molecule has 2 amide bonds. The van der Waals surface area contributed by atoms with Gasteiger partial charge >= 0.3 is 0 Å². The summed E-state index contributed by atoms with van der Waals surface area (Å²) in [5, 5.41) is 7.67. The first kappa shape index (κ1) is 23.0. The highest BCUT2D eigenvalue weighted by Crippen LogP contribution is 2.25. The molecule has 0 bridgehead atoms. The van der Waals surface area contributed by atoms with Gasteiger partial charge in [0.2, 0.25) is 5.91 Å². The number of hydrogen-bond donors (Lipinski definition) is 1. The summed E-state index contributed by atoms with van der Waals surface area (Å²) in [7, 11) is 1.63. The van der Waals surface area contributed by atoms with Crippen LogP contribution in [0.3, 0.4) is 0 Å². The van der Waals surface area contributed by atoms with Crippen molar-refractivity contribution in [2.24, 2.45) is 0 Å². The smallest absolute Gasteiger partial charge is 0.257 e. The van der Waals surface area contributed by atoms with Crippen LogP contribution in [-0.4, -0.2) is 40.1 Å². The molecule has 0 fully saturated rings. The molecule has 0 aliphatic rings. The quantitative estimate of drug-likeness (QED) is 0.439. The minimum Gasteiger partial charge on any atom is -0.332 e. The average Bonchev–Trinajstić information content (AvgIpc) is 3.27. The Bertz CT molecular complexity index is 1300. The van der Waals surface area contributed by atoms with Crippen molar-refractivity contribution >= 4 is 17.5 Å². The Morgan fingerprint density at radius 2 is 1.50 bits per heavy atom. The minimum atomic E-state index is -0.270. The van der Waals surface area contributed by atoms with Crippen LogP contribution in [-0.2, 0) is 4.79 Å². The lowest BCUT2D eigenvalue weighted by atomic mass is 10.1. The van der Waals surface area contributed by atoms with Crippen LogP contribution in [0.1, 0.15) is 27.0 Å². The highest BCUT2D eigenvalue weighted by molar-refractivity contribution is 6.03. The molecule has 1 N–H and O–H groups in total. The summed E-state index contributed by atoms with van der Waals surface area (Å²) in [6.45, 7) is 5.89. The van der Waals surface area contributed by atoms with Gasteiger partial charge < -0.3 is 10.2 Å². The topological polar surface area (TPSA) is 67.2 Å². The number of aromatic nitrogens is 2. The largest absolute Gasteiger partial charge is 0.332 e. The molecule has 172 valence electrons. The van der Waals surface area contributed by atoms with Gasteiger partial charge in [-0.1, -0.05) is 66.2 Å². The van der Waals surface area contributed by atoms with Crippen LogP contribution < -0.4 is 5.32 Å². The van der Waals surface area contributed by atoms with Crippen LogP contribution in [0, 0.1) is 20.8 Å². The molecule has 6 heteroatoms. The molecule has 0 spiro atoms. The number of carbonyl (C=O) groups is 2. The molecule has 1 aromatic heterocycles. The average molecular weight is 453 g/mol. The molecule has 0 atom stereocenters. The molecule has 4 aromatic rings. The third kappa shape index (κ3) is 4.91. The van der Waals surface area contributed by atoms with Gasteiger partial charge in [-0.25, -0.2) is 4.68 Å². The maximum Gasteiger partial charge on any atom is 0.257 e. The van der Waals surface area contributed by atoms with E-state index < -0.39 is 0 Å². The third-order valence-electron chi connectivity index (χ3n) is 5.68. The molecule has 0 saturated heterocycles. The summed E-state index contributed by atoms with van der Waals surface area (Å²) in [4.78, 5) is 27.7. The van der Waals surface area contributed by atoms with Crippen molar-refractivity contribution in [2.45, 2.75) is 20.8 Å². The van der Waals surface area contributed by atoms with Crippen molar-refractivity contribution in [3.05, 3.63) is 101 Å². The molecule has 0 aliphatic carbocycles. The molecule has 4 rings (SSSR count). The number of amides is 2. The molecule has 6 nitrogen and oxygen atoms in total. The molecular weight excluding hydrogens is 424 g/mol. The van der Waals surface area contributed by atoms with Crippen molar-refractivity contribution in [1.29, 1.82) is 0 Å². The van der Waals surface area contributed by atoms with E-state index in [1.807, 2.05) is 93.6 Å². The van der Waals surface area contributed by atoms with Crippen molar-refractivity contribution in [2.75, 3.05) is 18.9 Å². The normalized spacial score (nSPS) is 10.7. The first-order valence-electron chi connectivity index (χ1n) is 11.2. The van der Waals surface area contributed by atoms with Crippen molar-refractivity contribution in [3.63, 3.8) is 0 Å². The number of benzene rings is 3. The van der Waals surface area contributed by atoms with Gasteiger partial charge in [-0.15, -0.1) is 0 Å². The first-order valence-corrected chi connectivity index (χ1v) is 11.2. The van der Waals surface area contributed by atoms with E-state index in [4.69, 9.17) is 5.10 Å². The zero-order valence-corrected chi connectivity index (χ0v) is 19.9. The summed E-state index contributed by atoms with van der Waals surface area (Å²) in [6, 6.07) is 23.3. The Morgan fingerprint density at radius 3 is 2.12 bits per heavy atom. The van der Waals surface area contributed by atoms with E-state index in [-0.39, 0.29) is 18.4 Å². The first-order chi connectivity index (χ1) is 16.3. The van der Waals surface area contributed by atoms with E-state index in [2.05, 4.69) is 5.32 Å². The number of nitrogens with zero attached hydrogens (tertiary/aromatic N) is 3. The summed E-state index contributed by atoms with van der Waals surface area (Å²) in [5.74, 6) is -0.517. The second kappa shape index (κ2) is 9.75. The van der Waals surface area contributed by atoms with E-state index in [9.17, 15) is 9.59 Å². The molecule has 0 unspecified atom stereocenters. The van der Waals surface area contributed by atoms with Crippen molar-refractivity contribution < 1.29 is 9.59 Å². The molecule has 3 aromatic carbocycles. The number of likely N-dealkylation sites (N-methyl/N-ethyl adjacent to an activating group) is 1. The SMILES string of the molecule is Cc1cc(C)c(NC(=O)CN(C)C(=O)c2cn(-c3ccccc3)nc2-c2ccccc2)c(C)c1. The third-order valence-corrected chi connectivity index (χ3v) is 5.68. The van der Waals surface area contributed by atoms with Gasteiger partial charge in [0.25, 0.3) is 5.91 Å². The van der Waals surface area contributed by atoms with E-state index in [0.29, 0.717) is 11.3 Å². The second-order valence-corrected chi connectivity index (χ2v) is 8.52. The summed E-state index contributed by atoms with van der Waals surface area (Å²) in [6.07, 6.45) is 1.72. The van der Waals surface area contributed by atoms with Crippen LogP contribution in [0.5, 0.6) is 0 Å². The number of rotatable bonds is 6. The Kier molecular flexibility index (Phi) is 6.59. The Morgan fingerprint density at radius 1 is 0.912 bits per heavy atom. The van der Waals surface area contributed by atoms with Crippen LogP contribution in [0.25, 0.3) is 16.9 Å². The zero-order valence-electron chi connectivity index (χ0n) is 19.9. The molecule has 1 heterocycles. The summed E-state index contributed by atoms with van der Waals surface area (Å²) < 4.78 is 1.70. The van der Waals surface area contributed by atoms with Gasteiger partial charge in [0.15, 0.2) is 0 Å². The fourth-order valence-corrected chi connectivity index (χ4v) is 4.10. The highest BCUT2D eigenvalue weighted by Gasteiger charge is 2.23. The maximum atomic E-state index is 13.4. The van der Waals surface area contributed by atoms with Crippen LogP contribution >= 0.6 is 0 Å². The lowest BCUT2D eigenvalue weighted by Gasteiger charge is -2.18. The molecule has 0 saturated carbocycles. The summed E-state index contributed by atoms with van der Waals surface area (Å²) in [5.41, 5.74) is 6.63. The van der Waals surface area contributed by atoms with E-state index in [1.54, 1.807) is 17.9 Å². The molecule has 34 heavy (non-hydrogen) atoms. The van der Waals surface area contributed by atoms with Gasteiger partial charge in [-0.05, 0) is 44.0 Å². The predicted octanol–water partition coefficient (Wildman–Crippen LogP) is 5.18. The number of nitrogens with one attached hydrogen (secondary N) is 1. The predicted molar refractivity (Wildman–Crippen MR) is 135 cm³/mol. The van der Waals surface area contributed by atoms with Gasteiger partial charge in [0, 0.05) is 24.5 Å². The fraction of sp³-hybridized carbons (Fsp3) is 0.179. The van der Waals surface area contributed by atoms with E-state index >= 15 is 0 Å². The monoisotopic (exact) mass is 452 g/mol. The zero-order chi connectivity index (χ0) is 24.2. The van der Waals surface area contributed by atoms with Crippen LogP contribution in [0.2, 0.25) is 0 Å².